The first kappa shape index (κ1) is 21.2. The largest absolute Gasteiger partial charge is 0.508 e. The number of allylic oxidation sites excluding steroid dienone is 1. The van der Waals surface area contributed by atoms with Crippen LogP contribution in [0, 0.1) is 0 Å². The lowest BCUT2D eigenvalue weighted by atomic mass is 10.0. The van der Waals surface area contributed by atoms with Crippen molar-refractivity contribution in [2.75, 3.05) is 0 Å². The Kier molecular flexibility index (Phi) is 6.17. The summed E-state index contributed by atoms with van der Waals surface area (Å²) in [5.74, 6) is 1.18. The van der Waals surface area contributed by atoms with Crippen molar-refractivity contribution in [2.24, 2.45) is 0 Å². The van der Waals surface area contributed by atoms with Crippen LogP contribution in [0.15, 0.2) is 72.9 Å². The summed E-state index contributed by atoms with van der Waals surface area (Å²) < 4.78 is 2.12. The molecule has 31 heavy (non-hydrogen) atoms. The van der Waals surface area contributed by atoms with E-state index in [4.69, 9.17) is 28.2 Å². The SMILES string of the molecule is CCn1cc(-c2ccc(Cl)cc2Cl)nc1C(C)=Cc1ccc(-c2ccc(O)cc2)cc1. The monoisotopic (exact) mass is 448 g/mol. The second kappa shape index (κ2) is 9.01. The number of aromatic hydroxyl groups is 1. The summed E-state index contributed by atoms with van der Waals surface area (Å²) >= 11 is 12.4. The van der Waals surface area contributed by atoms with Crippen LogP contribution in [0.25, 0.3) is 34.0 Å². The molecule has 4 aromatic rings. The van der Waals surface area contributed by atoms with Crippen LogP contribution in [0.3, 0.4) is 0 Å². The van der Waals surface area contributed by atoms with E-state index in [0.717, 1.165) is 45.9 Å². The Morgan fingerprint density at radius 2 is 1.61 bits per heavy atom. The molecule has 0 amide bonds. The van der Waals surface area contributed by atoms with E-state index in [1.54, 1.807) is 18.2 Å². The van der Waals surface area contributed by atoms with Gasteiger partial charge in [-0.1, -0.05) is 59.6 Å². The van der Waals surface area contributed by atoms with Crippen molar-refractivity contribution < 1.29 is 5.11 Å². The molecule has 156 valence electrons. The van der Waals surface area contributed by atoms with Gasteiger partial charge in [-0.05, 0) is 72.5 Å². The number of phenols is 1. The smallest absolute Gasteiger partial charge is 0.136 e. The number of hydrogen-bond acceptors (Lipinski definition) is 2. The average Bonchev–Trinajstić information content (AvgIpc) is 3.19. The van der Waals surface area contributed by atoms with Crippen molar-refractivity contribution in [3.63, 3.8) is 0 Å². The molecular weight excluding hydrogens is 427 g/mol. The average molecular weight is 449 g/mol. The van der Waals surface area contributed by atoms with Gasteiger partial charge in [0.25, 0.3) is 0 Å². The fourth-order valence-corrected chi connectivity index (χ4v) is 4.04. The Bertz CT molecular complexity index is 1240. The highest BCUT2D eigenvalue weighted by atomic mass is 35.5. The van der Waals surface area contributed by atoms with Gasteiger partial charge in [-0.25, -0.2) is 4.98 Å². The molecule has 1 aromatic heterocycles. The van der Waals surface area contributed by atoms with Crippen molar-refractivity contribution in [3.05, 3.63) is 94.4 Å². The van der Waals surface area contributed by atoms with Crippen molar-refractivity contribution in [3.8, 4) is 28.1 Å². The lowest BCUT2D eigenvalue weighted by Crippen LogP contribution is -1.98. The molecule has 5 heteroatoms. The molecule has 0 aliphatic carbocycles. The number of benzene rings is 3. The van der Waals surface area contributed by atoms with Crippen LogP contribution in [-0.2, 0) is 6.54 Å². The first-order valence-corrected chi connectivity index (χ1v) is 10.8. The number of halogens is 2. The topological polar surface area (TPSA) is 38.0 Å². The Labute approximate surface area is 192 Å². The van der Waals surface area contributed by atoms with E-state index in [-0.39, 0.29) is 5.75 Å². The van der Waals surface area contributed by atoms with Gasteiger partial charge in [-0.15, -0.1) is 0 Å². The van der Waals surface area contributed by atoms with E-state index in [1.165, 1.54) is 0 Å². The second-order valence-electron chi connectivity index (χ2n) is 7.36. The molecular formula is C26H22Cl2N2O. The fourth-order valence-electron chi connectivity index (χ4n) is 3.54. The third-order valence-electron chi connectivity index (χ3n) is 5.17. The summed E-state index contributed by atoms with van der Waals surface area (Å²) in [6.45, 7) is 4.96. The van der Waals surface area contributed by atoms with E-state index in [1.807, 2.05) is 30.5 Å². The number of phenolic OH excluding ortho intramolecular Hbond substituents is 1. The molecule has 0 aliphatic rings. The minimum atomic E-state index is 0.268. The predicted molar refractivity (Wildman–Crippen MR) is 130 cm³/mol. The predicted octanol–water partition coefficient (Wildman–Crippen LogP) is 7.81. The highest BCUT2D eigenvalue weighted by Crippen LogP contribution is 2.31. The molecule has 0 aliphatic heterocycles. The van der Waals surface area contributed by atoms with Gasteiger partial charge in [-0.2, -0.15) is 0 Å². The number of imidazole rings is 1. The molecule has 0 fully saturated rings. The lowest BCUT2D eigenvalue weighted by Gasteiger charge is -2.06. The van der Waals surface area contributed by atoms with E-state index in [2.05, 4.69) is 48.8 Å². The minimum Gasteiger partial charge on any atom is -0.508 e. The molecule has 0 bridgehead atoms. The molecule has 3 nitrogen and oxygen atoms in total. The van der Waals surface area contributed by atoms with Gasteiger partial charge in [0.1, 0.15) is 11.6 Å². The number of rotatable bonds is 5. The number of hydrogen-bond donors (Lipinski definition) is 1. The summed E-state index contributed by atoms with van der Waals surface area (Å²) in [5.41, 5.74) is 6.02. The Hall–Kier alpha value is -3.01. The zero-order chi connectivity index (χ0) is 22.0. The molecule has 0 spiro atoms. The standard InChI is InChI=1S/C26H22Cl2N2O/c1-3-30-16-25(23-13-10-21(27)15-24(23)28)29-26(30)17(2)14-18-4-6-19(7-5-18)20-8-11-22(31)12-9-20/h4-16,31H,3H2,1-2H3. The number of nitrogens with zero attached hydrogens (tertiary/aromatic N) is 2. The Morgan fingerprint density at radius 3 is 2.23 bits per heavy atom. The third-order valence-corrected chi connectivity index (χ3v) is 5.72. The van der Waals surface area contributed by atoms with Crippen molar-refractivity contribution in [1.29, 1.82) is 0 Å². The first-order valence-electron chi connectivity index (χ1n) is 10.1. The molecule has 1 N–H and O–H groups in total. The van der Waals surface area contributed by atoms with E-state index in [9.17, 15) is 5.11 Å². The molecule has 0 unspecified atom stereocenters. The van der Waals surface area contributed by atoms with Gasteiger partial charge in [0, 0.05) is 23.3 Å². The van der Waals surface area contributed by atoms with E-state index < -0.39 is 0 Å². The van der Waals surface area contributed by atoms with E-state index >= 15 is 0 Å². The third kappa shape index (κ3) is 4.68. The normalized spacial score (nSPS) is 11.7. The van der Waals surface area contributed by atoms with Crippen LogP contribution >= 0.6 is 23.2 Å². The van der Waals surface area contributed by atoms with Crippen LogP contribution in [0.1, 0.15) is 25.2 Å². The van der Waals surface area contributed by atoms with Crippen LogP contribution < -0.4 is 0 Å². The number of aryl methyl sites for hydroxylation is 1. The maximum absolute atomic E-state index is 9.47. The Morgan fingerprint density at radius 1 is 0.968 bits per heavy atom. The van der Waals surface area contributed by atoms with Gasteiger partial charge in [0.15, 0.2) is 0 Å². The Balaban J connectivity index is 1.63. The summed E-state index contributed by atoms with van der Waals surface area (Å²) in [4.78, 5) is 4.85. The summed E-state index contributed by atoms with van der Waals surface area (Å²) in [7, 11) is 0. The van der Waals surface area contributed by atoms with Crippen molar-refractivity contribution >= 4 is 34.9 Å². The number of aromatic nitrogens is 2. The first-order chi connectivity index (χ1) is 14.9. The molecule has 0 radical (unpaired) electrons. The van der Waals surface area contributed by atoms with Crippen molar-refractivity contribution in [1.82, 2.24) is 9.55 Å². The van der Waals surface area contributed by atoms with Gasteiger partial charge in [0.05, 0.1) is 10.7 Å². The highest BCUT2D eigenvalue weighted by Gasteiger charge is 2.13. The van der Waals surface area contributed by atoms with Gasteiger partial charge >= 0.3 is 0 Å². The van der Waals surface area contributed by atoms with Crippen LogP contribution in [0.4, 0.5) is 0 Å². The lowest BCUT2D eigenvalue weighted by molar-refractivity contribution is 0.475. The summed E-state index contributed by atoms with van der Waals surface area (Å²) in [5, 5.41) is 10.7. The minimum absolute atomic E-state index is 0.268. The van der Waals surface area contributed by atoms with Crippen LogP contribution in [-0.4, -0.2) is 14.7 Å². The maximum Gasteiger partial charge on any atom is 0.136 e. The van der Waals surface area contributed by atoms with Crippen LogP contribution in [0.2, 0.25) is 10.0 Å². The van der Waals surface area contributed by atoms with Crippen molar-refractivity contribution in [2.45, 2.75) is 20.4 Å². The van der Waals surface area contributed by atoms with Crippen LogP contribution in [0.5, 0.6) is 5.75 Å². The molecule has 0 atom stereocenters. The molecule has 0 saturated heterocycles. The van der Waals surface area contributed by atoms with Gasteiger partial charge < -0.3 is 9.67 Å². The maximum atomic E-state index is 9.47. The molecule has 3 aromatic carbocycles. The quantitative estimate of drug-likeness (QED) is 0.337. The zero-order valence-electron chi connectivity index (χ0n) is 17.3. The fraction of sp³-hybridized carbons (Fsp3) is 0.115. The highest BCUT2D eigenvalue weighted by molar-refractivity contribution is 6.36. The van der Waals surface area contributed by atoms with E-state index in [0.29, 0.717) is 10.0 Å². The van der Waals surface area contributed by atoms with Gasteiger partial charge in [-0.3, -0.25) is 0 Å². The zero-order valence-corrected chi connectivity index (χ0v) is 18.8. The summed E-state index contributed by atoms with van der Waals surface area (Å²) in [6, 6.07) is 21.0. The van der Waals surface area contributed by atoms with Gasteiger partial charge in [0.2, 0.25) is 0 Å². The second-order valence-corrected chi connectivity index (χ2v) is 8.20. The molecule has 4 rings (SSSR count). The molecule has 0 saturated carbocycles. The molecule has 1 heterocycles. The summed E-state index contributed by atoms with van der Waals surface area (Å²) in [6.07, 6.45) is 4.15.